The van der Waals surface area contributed by atoms with Gasteiger partial charge in [0.1, 0.15) is 5.75 Å². The molecule has 20 heavy (non-hydrogen) atoms. The van der Waals surface area contributed by atoms with Crippen LogP contribution in [0.15, 0.2) is 48.5 Å². The molecular weight excluding hydrogens is 250 g/mol. The summed E-state index contributed by atoms with van der Waals surface area (Å²) in [6.45, 7) is 7.08. The molecule has 3 heteroatoms. The Morgan fingerprint density at radius 1 is 0.850 bits per heavy atom. The predicted molar refractivity (Wildman–Crippen MR) is 81.6 cm³/mol. The van der Waals surface area contributed by atoms with Gasteiger partial charge in [0.25, 0.3) is 0 Å². The Kier molecular flexibility index (Phi) is 4.30. The van der Waals surface area contributed by atoms with Crippen LogP contribution in [0.5, 0.6) is 11.5 Å². The lowest BCUT2D eigenvalue weighted by atomic mass is 9.98. The first-order valence-electron chi connectivity index (χ1n) is 6.69. The van der Waals surface area contributed by atoms with Crippen LogP contribution >= 0.6 is 0 Å². The zero-order chi connectivity index (χ0) is 14.6. The van der Waals surface area contributed by atoms with Gasteiger partial charge in [0.2, 0.25) is 0 Å². The highest BCUT2D eigenvalue weighted by molar-refractivity contribution is 5.75. The van der Waals surface area contributed by atoms with Gasteiger partial charge >= 0.3 is 0 Å². The fourth-order valence-electron chi connectivity index (χ4n) is 1.90. The zero-order valence-corrected chi connectivity index (χ0v) is 12.2. The molecule has 0 bridgehead atoms. The molecule has 0 aliphatic carbocycles. The van der Waals surface area contributed by atoms with Crippen molar-refractivity contribution in [2.45, 2.75) is 20.8 Å². The van der Waals surface area contributed by atoms with Crippen LogP contribution in [0.2, 0.25) is 0 Å². The van der Waals surface area contributed by atoms with Gasteiger partial charge in [-0.3, -0.25) is 0 Å². The predicted octanol–water partition coefficient (Wildman–Crippen LogP) is 4.03. The Morgan fingerprint density at radius 2 is 1.35 bits per heavy atom. The summed E-state index contributed by atoms with van der Waals surface area (Å²) in [7, 11) is 0. The monoisotopic (exact) mass is 271 g/mol. The zero-order valence-electron chi connectivity index (χ0n) is 12.2. The average molecular weight is 271 g/mol. The number of rotatable bonds is 4. The van der Waals surface area contributed by atoms with E-state index in [-0.39, 0.29) is 5.41 Å². The van der Waals surface area contributed by atoms with Crippen molar-refractivity contribution in [1.82, 2.24) is 0 Å². The summed E-state index contributed by atoms with van der Waals surface area (Å²) in [5.41, 5.74) is 2.02. The van der Waals surface area contributed by atoms with Crippen LogP contribution in [-0.4, -0.2) is 6.61 Å². The second kappa shape index (κ2) is 5.97. The molecule has 0 unspecified atom stereocenters. The molecule has 0 atom stereocenters. The Morgan fingerprint density at radius 3 is 1.90 bits per heavy atom. The second-order valence-electron chi connectivity index (χ2n) is 5.96. The molecule has 106 valence electrons. The van der Waals surface area contributed by atoms with Gasteiger partial charge in [0, 0.05) is 11.1 Å². The second-order valence-corrected chi connectivity index (χ2v) is 5.96. The Labute approximate surface area is 120 Å². The first-order valence-corrected chi connectivity index (χ1v) is 6.69. The molecule has 2 N–H and O–H groups in total. The Balaban J connectivity index is 2.37. The minimum Gasteiger partial charge on any atom is -0.492 e. The molecule has 2 aromatic carbocycles. The maximum atomic E-state index is 5.96. The summed E-state index contributed by atoms with van der Waals surface area (Å²) in [5, 5.41) is 0. The third kappa shape index (κ3) is 3.52. The normalized spacial score (nSPS) is 11.2. The molecule has 0 saturated carbocycles. The van der Waals surface area contributed by atoms with Gasteiger partial charge in [0.05, 0.1) is 6.61 Å². The Bertz CT molecular complexity index is 573. The highest BCUT2D eigenvalue weighted by Gasteiger charge is 2.15. The third-order valence-corrected chi connectivity index (χ3v) is 2.85. The van der Waals surface area contributed by atoms with E-state index in [2.05, 4.69) is 20.8 Å². The molecule has 0 amide bonds. The van der Waals surface area contributed by atoms with E-state index in [9.17, 15) is 0 Å². The highest BCUT2D eigenvalue weighted by Crippen LogP contribution is 2.36. The standard InChI is InChI=1S/C17H21NO2/c1-17(2,3)12-19-15-10-6-4-8-13(15)14-9-5-7-11-16(14)20-18/h4-11H,12,18H2,1-3H3. The summed E-state index contributed by atoms with van der Waals surface area (Å²) < 4.78 is 5.96. The molecule has 0 saturated heterocycles. The van der Waals surface area contributed by atoms with Crippen molar-refractivity contribution in [2.75, 3.05) is 6.61 Å². The lowest BCUT2D eigenvalue weighted by Gasteiger charge is -2.20. The lowest BCUT2D eigenvalue weighted by molar-refractivity contribution is 0.198. The minimum absolute atomic E-state index is 0.108. The van der Waals surface area contributed by atoms with Gasteiger partial charge in [-0.25, -0.2) is 0 Å². The summed E-state index contributed by atoms with van der Waals surface area (Å²) in [5.74, 6) is 6.82. The number of ether oxygens (including phenoxy) is 1. The maximum Gasteiger partial charge on any atom is 0.154 e. The van der Waals surface area contributed by atoms with Crippen LogP contribution in [0.4, 0.5) is 0 Å². The maximum absolute atomic E-state index is 5.96. The molecule has 0 aromatic heterocycles. The summed E-state index contributed by atoms with van der Waals surface area (Å²) in [4.78, 5) is 4.94. The molecular formula is C17H21NO2. The molecule has 0 aliphatic heterocycles. The summed E-state index contributed by atoms with van der Waals surface area (Å²) in [6.07, 6.45) is 0. The number of hydrogen-bond donors (Lipinski definition) is 1. The van der Waals surface area contributed by atoms with E-state index in [4.69, 9.17) is 15.5 Å². The van der Waals surface area contributed by atoms with Gasteiger partial charge in [-0.05, 0) is 17.5 Å². The number of benzene rings is 2. The van der Waals surface area contributed by atoms with Crippen LogP contribution in [0.3, 0.4) is 0 Å². The van der Waals surface area contributed by atoms with E-state index in [0.29, 0.717) is 12.4 Å². The van der Waals surface area contributed by atoms with Crippen LogP contribution < -0.4 is 15.5 Å². The molecule has 2 rings (SSSR count). The van der Waals surface area contributed by atoms with Gasteiger partial charge in [0.15, 0.2) is 5.75 Å². The molecule has 0 radical (unpaired) electrons. The van der Waals surface area contributed by atoms with Crippen molar-refractivity contribution in [2.24, 2.45) is 11.3 Å². The SMILES string of the molecule is CC(C)(C)COc1ccccc1-c1ccccc1ON. The van der Waals surface area contributed by atoms with Crippen molar-refractivity contribution in [3.63, 3.8) is 0 Å². The first kappa shape index (κ1) is 14.4. The molecule has 3 nitrogen and oxygen atoms in total. The lowest BCUT2D eigenvalue weighted by Crippen LogP contribution is -2.17. The molecule has 2 aromatic rings. The van der Waals surface area contributed by atoms with Crippen LogP contribution in [-0.2, 0) is 0 Å². The first-order chi connectivity index (χ1) is 9.51. The quantitative estimate of drug-likeness (QED) is 0.854. The van der Waals surface area contributed by atoms with Crippen LogP contribution in [0, 0.1) is 5.41 Å². The number of para-hydroxylation sites is 2. The van der Waals surface area contributed by atoms with Crippen LogP contribution in [0.25, 0.3) is 11.1 Å². The fourth-order valence-corrected chi connectivity index (χ4v) is 1.90. The van der Waals surface area contributed by atoms with Crippen molar-refractivity contribution < 1.29 is 9.57 Å². The van der Waals surface area contributed by atoms with E-state index < -0.39 is 0 Å². The van der Waals surface area contributed by atoms with Crippen molar-refractivity contribution in [3.8, 4) is 22.6 Å². The Hall–Kier alpha value is -2.00. The van der Waals surface area contributed by atoms with Gasteiger partial charge in [-0.15, -0.1) is 0 Å². The topological polar surface area (TPSA) is 44.5 Å². The van der Waals surface area contributed by atoms with Gasteiger partial charge in [-0.1, -0.05) is 57.2 Å². The smallest absolute Gasteiger partial charge is 0.154 e. The van der Waals surface area contributed by atoms with E-state index in [1.54, 1.807) is 0 Å². The number of nitrogens with two attached hydrogens (primary N) is 1. The molecule has 0 aliphatic rings. The van der Waals surface area contributed by atoms with Crippen molar-refractivity contribution >= 4 is 0 Å². The van der Waals surface area contributed by atoms with E-state index >= 15 is 0 Å². The number of hydrogen-bond acceptors (Lipinski definition) is 3. The van der Waals surface area contributed by atoms with Crippen molar-refractivity contribution in [1.29, 1.82) is 0 Å². The third-order valence-electron chi connectivity index (χ3n) is 2.85. The van der Waals surface area contributed by atoms with E-state index in [1.165, 1.54) is 0 Å². The van der Waals surface area contributed by atoms with Gasteiger partial charge < -0.3 is 9.57 Å². The van der Waals surface area contributed by atoms with E-state index in [0.717, 1.165) is 16.9 Å². The summed E-state index contributed by atoms with van der Waals surface area (Å²) in [6, 6.07) is 15.6. The van der Waals surface area contributed by atoms with Crippen molar-refractivity contribution in [3.05, 3.63) is 48.5 Å². The largest absolute Gasteiger partial charge is 0.492 e. The van der Waals surface area contributed by atoms with Crippen LogP contribution in [0.1, 0.15) is 20.8 Å². The highest BCUT2D eigenvalue weighted by atomic mass is 16.6. The average Bonchev–Trinajstić information content (AvgIpc) is 2.44. The minimum atomic E-state index is 0.108. The summed E-state index contributed by atoms with van der Waals surface area (Å²) >= 11 is 0. The van der Waals surface area contributed by atoms with E-state index in [1.807, 2.05) is 48.5 Å². The van der Waals surface area contributed by atoms with Gasteiger partial charge in [-0.2, -0.15) is 5.90 Å². The molecule has 0 spiro atoms. The molecule has 0 heterocycles. The molecule has 0 fully saturated rings. The fraction of sp³-hybridized carbons (Fsp3) is 0.294.